The van der Waals surface area contributed by atoms with E-state index < -0.39 is 0 Å². The number of rotatable bonds is 8. The molecule has 0 spiro atoms. The van der Waals surface area contributed by atoms with Crippen LogP contribution < -0.4 is 0 Å². The number of aromatic nitrogens is 5. The molecule has 16 aromatic rings. The fourth-order valence-corrected chi connectivity index (χ4v) is 13.5. The highest BCUT2D eigenvalue weighted by molar-refractivity contribution is 6.16. The molecule has 0 fully saturated rings. The summed E-state index contributed by atoms with van der Waals surface area (Å²) in [7, 11) is 0. The quantitative estimate of drug-likeness (QED) is 0.152. The maximum atomic E-state index is 7.27. The highest BCUT2D eigenvalue weighted by Crippen LogP contribution is 2.46. The molecular weight excluding hydrogens is 999 g/mol. The van der Waals surface area contributed by atoms with Crippen LogP contribution in [0.25, 0.3) is 144 Å². The maximum absolute atomic E-state index is 7.27. The Balaban J connectivity index is 0.889. The predicted molar refractivity (Wildman–Crippen MR) is 338 cm³/mol. The number of pyridine rings is 2. The fraction of sp³-hybridized carbons (Fsp3) is 0.0263. The van der Waals surface area contributed by atoms with E-state index in [0.717, 1.165) is 112 Å². The fourth-order valence-electron chi connectivity index (χ4n) is 13.5. The summed E-state index contributed by atoms with van der Waals surface area (Å²) < 4.78 is 14.6. The first kappa shape index (κ1) is 46.1. The van der Waals surface area contributed by atoms with Gasteiger partial charge in [0.05, 0.1) is 44.7 Å². The summed E-state index contributed by atoms with van der Waals surface area (Å²) in [5.41, 5.74) is 23.1. The average Bonchev–Trinajstić information content (AvgIpc) is 2.60. The number of nitrogens with zero attached hydrogens (tertiary/aromatic N) is 5. The summed E-state index contributed by atoms with van der Waals surface area (Å²) in [6, 6.07) is 92.1. The van der Waals surface area contributed by atoms with Crippen LogP contribution in [0.3, 0.4) is 0 Å². The molecule has 6 heteroatoms. The SMILES string of the molecule is C1=CC(c2ccc3oc4c(-n5c6ccccc6c6cc(-c7ccccc7-c7ccccn7)ccc65)cc(-n5c6ccccc6c6cc(-c7ccccc7-c7ccccn7)ccc65)cc4c3c2)Cc2c1n(-c1ccccc1)c1ccccc21. The van der Waals surface area contributed by atoms with Gasteiger partial charge in [0.25, 0.3) is 0 Å². The molecule has 17 rings (SSSR count). The molecule has 6 aromatic heterocycles. The van der Waals surface area contributed by atoms with Gasteiger partial charge in [0.1, 0.15) is 5.58 Å². The number of hydrogen-bond acceptors (Lipinski definition) is 3. The van der Waals surface area contributed by atoms with E-state index in [9.17, 15) is 0 Å². The van der Waals surface area contributed by atoms with Gasteiger partial charge in [-0.15, -0.1) is 0 Å². The Morgan fingerprint density at radius 2 is 0.902 bits per heavy atom. The standard InChI is InChI=1S/C76H49N5O/c1-2-18-52(19-3-1)79-68-29-11-8-24-58(68)61-42-48(32-36-71(61)79)49-35-39-75-64(43-49)65-46-53(80-69-30-12-9-25-59(69)62-44-50(33-37-72(62)80)54-20-4-6-22-56(54)66-27-14-16-40-77-66)47-74(76(65)82-75)81-70-31-13-10-26-60(70)63-45-51(34-38-73(63)81)55-21-5-7-23-57(55)67-28-15-17-41-78-67/h1-41,43-48H,42H2. The minimum atomic E-state index is 0.156. The Labute approximate surface area is 472 Å². The van der Waals surface area contributed by atoms with Gasteiger partial charge in [-0.05, 0) is 149 Å². The van der Waals surface area contributed by atoms with E-state index >= 15 is 0 Å². The second-order valence-electron chi connectivity index (χ2n) is 21.6. The zero-order valence-corrected chi connectivity index (χ0v) is 44.5. The first-order valence-electron chi connectivity index (χ1n) is 28.1. The van der Waals surface area contributed by atoms with Gasteiger partial charge in [0.15, 0.2) is 5.58 Å². The molecule has 0 saturated heterocycles. The summed E-state index contributed by atoms with van der Waals surface area (Å²) in [5, 5.41) is 8.13. The zero-order valence-electron chi connectivity index (χ0n) is 44.5. The van der Waals surface area contributed by atoms with Crippen LogP contribution in [0, 0.1) is 0 Å². The van der Waals surface area contributed by atoms with Crippen molar-refractivity contribution in [2.75, 3.05) is 0 Å². The molecule has 0 amide bonds. The van der Waals surface area contributed by atoms with Crippen molar-refractivity contribution in [3.8, 4) is 61.8 Å². The molecule has 0 aliphatic heterocycles. The Hall–Kier alpha value is -10.8. The van der Waals surface area contributed by atoms with Crippen molar-refractivity contribution < 1.29 is 4.42 Å². The van der Waals surface area contributed by atoms with Crippen molar-refractivity contribution in [3.05, 3.63) is 290 Å². The third kappa shape index (κ3) is 7.14. The van der Waals surface area contributed by atoms with Gasteiger partial charge in [-0.3, -0.25) is 9.97 Å². The van der Waals surface area contributed by atoms with Crippen molar-refractivity contribution in [1.29, 1.82) is 0 Å². The van der Waals surface area contributed by atoms with E-state index in [1.165, 1.54) is 49.6 Å². The highest BCUT2D eigenvalue weighted by Gasteiger charge is 2.27. The molecule has 0 bridgehead atoms. The third-order valence-electron chi connectivity index (χ3n) is 17.1. The van der Waals surface area contributed by atoms with E-state index in [-0.39, 0.29) is 5.92 Å². The number of furan rings is 1. The predicted octanol–water partition coefficient (Wildman–Crippen LogP) is 19.5. The Bertz CT molecular complexity index is 5250. The van der Waals surface area contributed by atoms with Crippen LogP contribution >= 0.6 is 0 Å². The van der Waals surface area contributed by atoms with Crippen LogP contribution in [0.1, 0.15) is 22.7 Å². The van der Waals surface area contributed by atoms with Crippen molar-refractivity contribution in [2.24, 2.45) is 0 Å². The second-order valence-corrected chi connectivity index (χ2v) is 21.6. The summed E-state index contributed by atoms with van der Waals surface area (Å²) in [5.74, 6) is 0.156. The topological polar surface area (TPSA) is 53.7 Å². The number of hydrogen-bond donors (Lipinski definition) is 0. The van der Waals surface area contributed by atoms with Gasteiger partial charge in [-0.2, -0.15) is 0 Å². The van der Waals surface area contributed by atoms with Crippen LogP contribution in [-0.4, -0.2) is 23.7 Å². The van der Waals surface area contributed by atoms with Crippen LogP contribution in [-0.2, 0) is 6.42 Å². The molecule has 1 unspecified atom stereocenters. The van der Waals surface area contributed by atoms with Crippen LogP contribution in [0.2, 0.25) is 0 Å². The number of allylic oxidation sites excluding steroid dienone is 1. The first-order valence-corrected chi connectivity index (χ1v) is 28.1. The minimum absolute atomic E-state index is 0.156. The van der Waals surface area contributed by atoms with Crippen LogP contribution in [0.15, 0.2) is 278 Å². The van der Waals surface area contributed by atoms with Gasteiger partial charge >= 0.3 is 0 Å². The maximum Gasteiger partial charge on any atom is 0.159 e. The van der Waals surface area contributed by atoms with Crippen molar-refractivity contribution >= 4 is 82.5 Å². The summed E-state index contributed by atoms with van der Waals surface area (Å²) in [6.07, 6.45) is 9.37. The third-order valence-corrected chi connectivity index (χ3v) is 17.1. The number of fused-ring (bicyclic) bond motifs is 12. The number of para-hydroxylation sites is 4. The molecule has 1 aliphatic carbocycles. The van der Waals surface area contributed by atoms with Crippen LogP contribution in [0.5, 0.6) is 0 Å². The van der Waals surface area contributed by atoms with E-state index in [0.29, 0.717) is 0 Å². The Morgan fingerprint density at radius 1 is 0.366 bits per heavy atom. The summed E-state index contributed by atoms with van der Waals surface area (Å²) in [6.45, 7) is 0. The van der Waals surface area contributed by atoms with Gasteiger partial charge < -0.3 is 18.1 Å². The van der Waals surface area contributed by atoms with Crippen molar-refractivity contribution in [3.63, 3.8) is 0 Å². The lowest BCUT2D eigenvalue weighted by Gasteiger charge is -2.19. The average molecular weight is 1050 g/mol. The molecule has 1 aliphatic rings. The molecule has 10 aromatic carbocycles. The Morgan fingerprint density at radius 3 is 1.54 bits per heavy atom. The smallest absolute Gasteiger partial charge is 0.159 e. The molecule has 82 heavy (non-hydrogen) atoms. The van der Waals surface area contributed by atoms with Gasteiger partial charge in [0, 0.05) is 84.2 Å². The largest absolute Gasteiger partial charge is 0.454 e. The molecule has 0 radical (unpaired) electrons. The lowest BCUT2D eigenvalue weighted by molar-refractivity contribution is 0.666. The normalized spacial score (nSPS) is 13.4. The van der Waals surface area contributed by atoms with Gasteiger partial charge in [0.2, 0.25) is 0 Å². The zero-order chi connectivity index (χ0) is 53.8. The van der Waals surface area contributed by atoms with Crippen molar-refractivity contribution in [1.82, 2.24) is 23.7 Å². The molecule has 384 valence electrons. The monoisotopic (exact) mass is 1050 g/mol. The van der Waals surface area contributed by atoms with E-state index in [1.807, 2.05) is 24.5 Å². The molecular formula is C76H49N5O. The van der Waals surface area contributed by atoms with E-state index in [4.69, 9.17) is 14.4 Å². The lowest BCUT2D eigenvalue weighted by atomic mass is 9.86. The Kier molecular flexibility index (Phi) is 10.3. The molecule has 6 heterocycles. The van der Waals surface area contributed by atoms with Crippen LogP contribution in [0.4, 0.5) is 0 Å². The second kappa shape index (κ2) is 18.4. The first-order chi connectivity index (χ1) is 40.7. The van der Waals surface area contributed by atoms with Gasteiger partial charge in [-0.25, -0.2) is 0 Å². The lowest BCUT2D eigenvalue weighted by Crippen LogP contribution is -2.07. The molecule has 1 atom stereocenters. The molecule has 6 nitrogen and oxygen atoms in total. The van der Waals surface area contributed by atoms with Crippen molar-refractivity contribution in [2.45, 2.75) is 12.3 Å². The summed E-state index contributed by atoms with van der Waals surface area (Å²) in [4.78, 5) is 9.55. The molecule has 0 N–H and O–H groups in total. The molecule has 0 saturated carbocycles. The van der Waals surface area contributed by atoms with E-state index in [1.54, 1.807) is 0 Å². The highest BCUT2D eigenvalue weighted by atomic mass is 16.3. The van der Waals surface area contributed by atoms with E-state index in [2.05, 4.69) is 269 Å². The van der Waals surface area contributed by atoms with Gasteiger partial charge in [-0.1, -0.05) is 158 Å². The number of benzene rings is 10. The summed E-state index contributed by atoms with van der Waals surface area (Å²) >= 11 is 0. The minimum Gasteiger partial charge on any atom is -0.454 e.